The maximum absolute atomic E-state index is 9.99. The van der Waals surface area contributed by atoms with Gasteiger partial charge in [0.05, 0.1) is 17.9 Å². The summed E-state index contributed by atoms with van der Waals surface area (Å²) in [5.74, 6) is 16.3. The Labute approximate surface area is 108 Å². The molecule has 0 unspecified atom stereocenters. The third-order valence-corrected chi connectivity index (χ3v) is 1.06. The summed E-state index contributed by atoms with van der Waals surface area (Å²) in [5.41, 5.74) is 0. The molecule has 0 heterocycles. The van der Waals surface area contributed by atoms with E-state index < -0.39 is 37.5 Å². The van der Waals surface area contributed by atoms with Crippen molar-refractivity contribution in [3.63, 3.8) is 0 Å². The molecule has 0 aromatic carbocycles. The second-order valence-corrected chi connectivity index (χ2v) is 2.26. The molecule has 0 saturated carbocycles. The summed E-state index contributed by atoms with van der Waals surface area (Å²) in [7, 11) is 0. The fourth-order valence-electron chi connectivity index (χ4n) is 0.715. The van der Waals surface area contributed by atoms with E-state index in [0.29, 0.717) is 4.90 Å². The first-order valence-electron chi connectivity index (χ1n) is 4.46. The van der Waals surface area contributed by atoms with E-state index in [4.69, 9.17) is 0 Å². The molecule has 13 nitrogen and oxygen atoms in total. The standard InChI is InChI=1S/C6H9NO6.3H4N2/c8-4(9)1-7(2-5(10)11)3-6(12)13;3*1-2/h1-3H2,(H,8,9)(H,10,11)(H,12,13);3*1-2H2. The highest BCUT2D eigenvalue weighted by molar-refractivity contribution is 5.73. The van der Waals surface area contributed by atoms with E-state index in [2.05, 4.69) is 35.1 Å². The molecule has 15 N–H and O–H groups in total. The summed E-state index contributed by atoms with van der Waals surface area (Å²) in [4.78, 5) is 30.6. The lowest BCUT2D eigenvalue weighted by atomic mass is 10.4. The molecule has 0 saturated heterocycles. The lowest BCUT2D eigenvalue weighted by Crippen LogP contribution is -2.59. The van der Waals surface area contributed by atoms with Gasteiger partial charge in [-0.1, -0.05) is 0 Å². The molecule has 0 aromatic heterocycles. The summed E-state index contributed by atoms with van der Waals surface area (Å²) >= 11 is 0. The first-order chi connectivity index (χ1) is 8.91. The number of rotatable bonds is 6. The third kappa shape index (κ3) is 31.4. The van der Waals surface area contributed by atoms with Crippen LogP contribution in [-0.4, -0.2) is 42.4 Å². The van der Waals surface area contributed by atoms with Crippen LogP contribution in [0.25, 0.3) is 0 Å². The van der Waals surface area contributed by atoms with Crippen molar-refractivity contribution < 1.29 is 47.2 Å². The number of hydrogen-bond acceptors (Lipinski definition) is 10. The molecule has 0 radical (unpaired) electrons. The predicted molar refractivity (Wildman–Crippen MR) is 52.7 cm³/mol. The van der Waals surface area contributed by atoms with Crippen LogP contribution in [0.3, 0.4) is 0 Å². The van der Waals surface area contributed by atoms with Crippen LogP contribution in [0.15, 0.2) is 0 Å². The van der Waals surface area contributed by atoms with Crippen molar-refractivity contribution in [1.82, 2.24) is 4.90 Å². The molecular weight excluding hydrogens is 266 g/mol. The highest BCUT2D eigenvalue weighted by atomic mass is 16.4. The van der Waals surface area contributed by atoms with Gasteiger partial charge in [0, 0.05) is 19.6 Å². The van der Waals surface area contributed by atoms with E-state index in [1.807, 2.05) is 0 Å². The minimum Gasteiger partial charge on any atom is -0.549 e. The van der Waals surface area contributed by atoms with Crippen LogP contribution < -0.4 is 50.4 Å². The van der Waals surface area contributed by atoms with Crippen molar-refractivity contribution in [2.75, 3.05) is 19.6 Å². The fraction of sp³-hybridized carbons (Fsp3) is 0.500. The molecule has 0 rings (SSSR count). The Kier molecular flexibility index (Phi) is 29.1. The number of aliphatic carboxylic acids is 3. The van der Waals surface area contributed by atoms with Crippen LogP contribution in [0.5, 0.6) is 0 Å². The molecule has 0 atom stereocenters. The average Bonchev–Trinajstić information content (AvgIpc) is 2.34. The van der Waals surface area contributed by atoms with Gasteiger partial charge in [-0.15, -0.1) is 0 Å². The molecule has 0 spiro atoms. The van der Waals surface area contributed by atoms with Crippen molar-refractivity contribution in [3.8, 4) is 0 Å². The first-order valence-corrected chi connectivity index (χ1v) is 4.46. The second-order valence-electron chi connectivity index (χ2n) is 2.26. The molecule has 0 aliphatic rings. The van der Waals surface area contributed by atoms with Crippen molar-refractivity contribution in [2.24, 2.45) is 17.5 Å². The third-order valence-electron chi connectivity index (χ3n) is 1.06. The number of carbonyl (C=O) groups is 3. The largest absolute Gasteiger partial charge is 0.549 e. The Morgan fingerprint density at radius 2 is 0.842 bits per heavy atom. The van der Waals surface area contributed by atoms with Gasteiger partial charge in [0.1, 0.15) is 0 Å². The summed E-state index contributed by atoms with van der Waals surface area (Å²) in [6.45, 7) is -2.37. The summed E-state index contributed by atoms with van der Waals surface area (Å²) in [6, 6.07) is 0. The van der Waals surface area contributed by atoms with Crippen molar-refractivity contribution >= 4 is 17.9 Å². The van der Waals surface area contributed by atoms with E-state index in [1.165, 1.54) is 0 Å². The Morgan fingerprint density at radius 1 is 0.684 bits per heavy atom. The van der Waals surface area contributed by atoms with Crippen LogP contribution in [-0.2, 0) is 14.4 Å². The Bertz CT molecular complexity index is 200. The van der Waals surface area contributed by atoms with Gasteiger partial charge in [0.15, 0.2) is 0 Å². The van der Waals surface area contributed by atoms with Crippen LogP contribution in [0.4, 0.5) is 0 Å². The minimum absolute atomic E-state index is 0.611. The van der Waals surface area contributed by atoms with E-state index in [-0.39, 0.29) is 0 Å². The quantitative estimate of drug-likeness (QED) is 0.198. The summed E-state index contributed by atoms with van der Waals surface area (Å²) < 4.78 is 0. The van der Waals surface area contributed by atoms with E-state index in [9.17, 15) is 29.7 Å². The Morgan fingerprint density at radius 3 is 0.947 bits per heavy atom. The normalized spacial score (nSPS) is 7.74. The van der Waals surface area contributed by atoms with Gasteiger partial charge in [-0.25, -0.2) is 0 Å². The maximum Gasteiger partial charge on any atom is 0.0555 e. The molecule has 0 amide bonds. The molecule has 19 heavy (non-hydrogen) atoms. The zero-order valence-corrected chi connectivity index (χ0v) is 10.4. The number of quaternary nitrogens is 3. The molecule has 0 fully saturated rings. The van der Waals surface area contributed by atoms with Crippen molar-refractivity contribution in [3.05, 3.63) is 0 Å². The fourth-order valence-corrected chi connectivity index (χ4v) is 0.715. The molecule has 13 heteroatoms. The van der Waals surface area contributed by atoms with Gasteiger partial charge < -0.3 is 29.7 Å². The number of nitrogens with zero attached hydrogens (tertiary/aromatic N) is 1. The monoisotopic (exact) mass is 287 g/mol. The van der Waals surface area contributed by atoms with Crippen LogP contribution in [0, 0.1) is 0 Å². The minimum atomic E-state index is -1.57. The zero-order valence-electron chi connectivity index (χ0n) is 10.4. The molecule has 0 bridgehead atoms. The van der Waals surface area contributed by atoms with Crippen molar-refractivity contribution in [2.45, 2.75) is 0 Å². The van der Waals surface area contributed by atoms with Gasteiger partial charge in [0.2, 0.25) is 0 Å². The van der Waals surface area contributed by atoms with Gasteiger partial charge in [-0.2, -0.15) is 17.5 Å². The smallest absolute Gasteiger partial charge is 0.0555 e. The lowest BCUT2D eigenvalue weighted by Gasteiger charge is -2.23. The van der Waals surface area contributed by atoms with Gasteiger partial charge in [-0.3, -0.25) is 22.4 Å². The van der Waals surface area contributed by atoms with Crippen LogP contribution >= 0.6 is 0 Å². The van der Waals surface area contributed by atoms with Crippen LogP contribution in [0.1, 0.15) is 0 Å². The predicted octanol–water partition coefficient (Wildman–Crippen LogP) is -11.2. The highest BCUT2D eigenvalue weighted by Gasteiger charge is 2.05. The summed E-state index contributed by atoms with van der Waals surface area (Å²) in [5, 5.41) is 30.0. The topological polar surface area (TPSA) is 285 Å². The van der Waals surface area contributed by atoms with E-state index >= 15 is 0 Å². The average molecular weight is 287 g/mol. The SMILES string of the molecule is N[NH3+].N[NH3+].N[NH3+].O=C([O-])CN(CC(=O)[O-])CC(=O)[O-]. The number of carboxylic acids is 3. The Balaban J connectivity index is -0.000000163. The molecule has 116 valence electrons. The van der Waals surface area contributed by atoms with Gasteiger partial charge in [-0.05, 0) is 0 Å². The van der Waals surface area contributed by atoms with E-state index in [0.717, 1.165) is 0 Å². The van der Waals surface area contributed by atoms with Gasteiger partial charge >= 0.3 is 0 Å². The lowest BCUT2D eigenvalue weighted by molar-refractivity contribution is -0.379. The number of carbonyl (C=O) groups excluding carboxylic acids is 3. The van der Waals surface area contributed by atoms with Crippen LogP contribution in [0.2, 0.25) is 0 Å². The van der Waals surface area contributed by atoms with Crippen molar-refractivity contribution in [1.29, 1.82) is 0 Å². The second kappa shape index (κ2) is 21.4. The zero-order chi connectivity index (χ0) is 16.4. The Hall–Kier alpha value is -1.87. The van der Waals surface area contributed by atoms with Gasteiger partial charge in [0.25, 0.3) is 0 Å². The highest BCUT2D eigenvalue weighted by Crippen LogP contribution is 1.84. The van der Waals surface area contributed by atoms with E-state index in [1.54, 1.807) is 0 Å². The maximum atomic E-state index is 9.99. The molecule has 0 aliphatic carbocycles. The first kappa shape index (κ1) is 25.9. The summed E-state index contributed by atoms with van der Waals surface area (Å²) in [6.07, 6.45) is 0. The number of nitrogens with two attached hydrogens (primary N) is 3. The number of carboxylic acid groups (broad SMARTS) is 3. The molecule has 0 aliphatic heterocycles. The number of hydrogen-bond donors (Lipinski definition) is 6. The molecular formula is C6H21N7O6. The molecule has 0 aromatic rings.